The summed E-state index contributed by atoms with van der Waals surface area (Å²) in [6, 6.07) is 0.487. The van der Waals surface area contributed by atoms with E-state index in [1.165, 1.54) is 0 Å². The molecule has 1 unspecified atom stereocenters. The van der Waals surface area contributed by atoms with Gasteiger partial charge in [-0.25, -0.2) is 8.78 Å². The normalized spacial score (nSPS) is 13.1. The molecule has 1 aromatic carbocycles. The molecule has 1 nitrogen and oxygen atoms in total. The molecule has 0 fully saturated rings. The van der Waals surface area contributed by atoms with Gasteiger partial charge in [-0.3, -0.25) is 0 Å². The van der Waals surface area contributed by atoms with Gasteiger partial charge in [-0.05, 0) is 24.1 Å². The minimum absolute atomic E-state index is 0. The smallest absolute Gasteiger partial charge is 0.320 e. The summed E-state index contributed by atoms with van der Waals surface area (Å²) in [4.78, 5) is 0. The largest absolute Gasteiger partial charge is 0.403 e. The van der Waals surface area contributed by atoms with Gasteiger partial charge in [0.25, 0.3) is 0 Å². The van der Waals surface area contributed by atoms with Gasteiger partial charge in [0.2, 0.25) is 0 Å². The highest BCUT2D eigenvalue weighted by Gasteiger charge is 2.36. The molecule has 1 rings (SSSR count). The second-order valence-electron chi connectivity index (χ2n) is 3.10. The molecule has 0 spiro atoms. The number of alkyl halides is 3. The average Bonchev–Trinajstić information content (AvgIpc) is 2.10. The molecule has 92 valence electrons. The molecular weight excluding hydrogens is 253 g/mol. The topological polar surface area (TPSA) is 26.0 Å². The number of nitrogens with two attached hydrogens (primary N) is 1. The third-order valence-electron chi connectivity index (χ3n) is 1.86. The maximum atomic E-state index is 12.6. The molecule has 0 heterocycles. The number of rotatable bonds is 2. The van der Waals surface area contributed by atoms with Crippen molar-refractivity contribution in [2.75, 3.05) is 0 Å². The summed E-state index contributed by atoms with van der Waals surface area (Å²) in [6.07, 6.45) is -5.11. The molecule has 0 aliphatic heterocycles. The van der Waals surface area contributed by atoms with Crippen LogP contribution in [0.2, 0.25) is 0 Å². The quantitative estimate of drug-likeness (QED) is 0.814. The fraction of sp³-hybridized carbons (Fsp3) is 0.333. The maximum absolute atomic E-state index is 12.6. The lowest BCUT2D eigenvalue weighted by molar-refractivity contribution is -0.147. The van der Waals surface area contributed by atoms with E-state index in [1.54, 1.807) is 0 Å². The Morgan fingerprint density at radius 3 is 2.12 bits per heavy atom. The Balaban J connectivity index is 0.00000225. The number of hydrogen-bond acceptors (Lipinski definition) is 1. The van der Waals surface area contributed by atoms with Gasteiger partial charge in [-0.1, -0.05) is 6.07 Å². The molecular formula is C9H9ClF5N. The fourth-order valence-electron chi connectivity index (χ4n) is 1.04. The lowest BCUT2D eigenvalue weighted by atomic mass is 10.1. The number of hydrogen-bond donors (Lipinski definition) is 1. The van der Waals surface area contributed by atoms with Gasteiger partial charge < -0.3 is 5.73 Å². The number of halogens is 6. The molecule has 0 saturated carbocycles. The Morgan fingerprint density at radius 1 is 1.12 bits per heavy atom. The zero-order chi connectivity index (χ0) is 11.6. The summed E-state index contributed by atoms with van der Waals surface area (Å²) in [5, 5.41) is 0. The van der Waals surface area contributed by atoms with Gasteiger partial charge in [0.15, 0.2) is 11.6 Å². The van der Waals surface area contributed by atoms with E-state index in [1.807, 2.05) is 0 Å². The molecule has 2 N–H and O–H groups in total. The molecule has 16 heavy (non-hydrogen) atoms. The van der Waals surface area contributed by atoms with E-state index in [9.17, 15) is 22.0 Å². The Bertz CT molecular complexity index is 352. The van der Waals surface area contributed by atoms with Crippen LogP contribution in [-0.4, -0.2) is 12.2 Å². The van der Waals surface area contributed by atoms with E-state index in [4.69, 9.17) is 5.73 Å². The first-order valence-corrected chi connectivity index (χ1v) is 4.07. The van der Waals surface area contributed by atoms with Crippen LogP contribution in [0.15, 0.2) is 18.2 Å². The summed E-state index contributed by atoms with van der Waals surface area (Å²) >= 11 is 0. The molecule has 0 saturated heterocycles. The first-order chi connectivity index (χ1) is 6.80. The highest BCUT2D eigenvalue weighted by atomic mass is 35.5. The van der Waals surface area contributed by atoms with E-state index < -0.39 is 30.3 Å². The van der Waals surface area contributed by atoms with Crippen LogP contribution in [0.25, 0.3) is 0 Å². The standard InChI is InChI=1S/C9H8F5N.ClH/c10-6-2-1-5(3-7(6)11)4-8(15)9(12,13)14;/h1-3,8H,4,15H2;1H. The third-order valence-corrected chi connectivity index (χ3v) is 1.86. The summed E-state index contributed by atoms with van der Waals surface area (Å²) in [5.41, 5.74) is 4.84. The molecule has 1 atom stereocenters. The van der Waals surface area contributed by atoms with E-state index in [2.05, 4.69) is 0 Å². The summed E-state index contributed by atoms with van der Waals surface area (Å²) < 4.78 is 61.1. The van der Waals surface area contributed by atoms with Crippen molar-refractivity contribution in [3.8, 4) is 0 Å². The van der Waals surface area contributed by atoms with Gasteiger partial charge in [0.1, 0.15) is 6.04 Å². The second-order valence-corrected chi connectivity index (χ2v) is 3.10. The van der Waals surface area contributed by atoms with Crippen LogP contribution in [0.3, 0.4) is 0 Å². The fourth-order valence-corrected chi connectivity index (χ4v) is 1.04. The van der Waals surface area contributed by atoms with E-state index in [0.29, 0.717) is 6.07 Å². The first-order valence-electron chi connectivity index (χ1n) is 4.07. The second kappa shape index (κ2) is 5.45. The van der Waals surface area contributed by atoms with E-state index >= 15 is 0 Å². The van der Waals surface area contributed by atoms with Crippen LogP contribution in [0.4, 0.5) is 22.0 Å². The van der Waals surface area contributed by atoms with Gasteiger partial charge in [0.05, 0.1) is 0 Å². The zero-order valence-electron chi connectivity index (χ0n) is 7.89. The Kier molecular flexibility index (Phi) is 5.15. The highest BCUT2D eigenvalue weighted by molar-refractivity contribution is 5.85. The molecule has 0 aliphatic rings. The molecule has 0 aromatic heterocycles. The van der Waals surface area contributed by atoms with Crippen LogP contribution in [0, 0.1) is 11.6 Å². The summed E-state index contributed by atoms with van der Waals surface area (Å²) in [6.45, 7) is 0. The predicted molar refractivity (Wildman–Crippen MR) is 51.3 cm³/mol. The molecule has 1 aromatic rings. The van der Waals surface area contributed by atoms with Crippen molar-refractivity contribution < 1.29 is 22.0 Å². The zero-order valence-corrected chi connectivity index (χ0v) is 8.71. The van der Waals surface area contributed by atoms with Crippen molar-refractivity contribution >= 4 is 12.4 Å². The lowest BCUT2D eigenvalue weighted by Gasteiger charge is -2.15. The van der Waals surface area contributed by atoms with Crippen LogP contribution in [-0.2, 0) is 6.42 Å². The van der Waals surface area contributed by atoms with E-state index in [0.717, 1.165) is 12.1 Å². The number of benzene rings is 1. The van der Waals surface area contributed by atoms with Crippen molar-refractivity contribution in [3.63, 3.8) is 0 Å². The van der Waals surface area contributed by atoms with Crippen molar-refractivity contribution in [2.45, 2.75) is 18.6 Å². The van der Waals surface area contributed by atoms with Crippen molar-refractivity contribution in [3.05, 3.63) is 35.4 Å². The summed E-state index contributed by atoms with van der Waals surface area (Å²) in [5.74, 6) is -2.28. The van der Waals surface area contributed by atoms with Crippen molar-refractivity contribution in [1.29, 1.82) is 0 Å². The van der Waals surface area contributed by atoms with Gasteiger partial charge in [0, 0.05) is 0 Å². The van der Waals surface area contributed by atoms with Gasteiger partial charge in [-0.2, -0.15) is 13.2 Å². The summed E-state index contributed by atoms with van der Waals surface area (Å²) in [7, 11) is 0. The van der Waals surface area contributed by atoms with Gasteiger partial charge >= 0.3 is 6.18 Å². The minimum Gasteiger partial charge on any atom is -0.320 e. The Hall–Kier alpha value is -0.880. The Morgan fingerprint density at radius 2 is 1.69 bits per heavy atom. The van der Waals surface area contributed by atoms with Gasteiger partial charge in [-0.15, -0.1) is 12.4 Å². The van der Waals surface area contributed by atoms with Crippen LogP contribution < -0.4 is 5.73 Å². The highest BCUT2D eigenvalue weighted by Crippen LogP contribution is 2.21. The Labute approximate surface area is 94.8 Å². The van der Waals surface area contributed by atoms with Crippen LogP contribution in [0.1, 0.15) is 5.56 Å². The van der Waals surface area contributed by atoms with Crippen LogP contribution in [0.5, 0.6) is 0 Å². The molecule has 0 radical (unpaired) electrons. The van der Waals surface area contributed by atoms with E-state index in [-0.39, 0.29) is 18.0 Å². The predicted octanol–water partition coefficient (Wildman–Crippen LogP) is 2.82. The molecule has 0 amide bonds. The minimum atomic E-state index is -4.54. The third kappa shape index (κ3) is 3.94. The molecule has 0 bridgehead atoms. The first kappa shape index (κ1) is 15.1. The average molecular weight is 262 g/mol. The molecule has 7 heteroatoms. The lowest BCUT2D eigenvalue weighted by Crippen LogP contribution is -2.39. The van der Waals surface area contributed by atoms with Crippen molar-refractivity contribution in [1.82, 2.24) is 0 Å². The maximum Gasteiger partial charge on any atom is 0.403 e. The monoisotopic (exact) mass is 261 g/mol. The van der Waals surface area contributed by atoms with Crippen molar-refractivity contribution in [2.24, 2.45) is 5.73 Å². The van der Waals surface area contributed by atoms with Crippen LogP contribution >= 0.6 is 12.4 Å². The SMILES string of the molecule is Cl.NC(Cc1ccc(F)c(F)c1)C(F)(F)F. The molecule has 0 aliphatic carbocycles.